The lowest BCUT2D eigenvalue weighted by molar-refractivity contribution is 0.297. The first-order chi connectivity index (χ1) is 7.36. The van der Waals surface area contributed by atoms with E-state index in [4.69, 9.17) is 5.26 Å². The van der Waals surface area contributed by atoms with Crippen LogP contribution in [0.3, 0.4) is 0 Å². The van der Waals surface area contributed by atoms with Crippen LogP contribution in [-0.4, -0.2) is 18.0 Å². The van der Waals surface area contributed by atoms with Crippen molar-refractivity contribution in [2.45, 2.75) is 13.0 Å². The van der Waals surface area contributed by atoms with Gasteiger partial charge in [-0.1, -0.05) is 18.2 Å². The van der Waals surface area contributed by atoms with Crippen LogP contribution in [0.2, 0.25) is 0 Å². The van der Waals surface area contributed by atoms with Gasteiger partial charge in [0.15, 0.2) is 0 Å². The van der Waals surface area contributed by atoms with Crippen LogP contribution in [0, 0.1) is 23.2 Å². The molecule has 0 amide bonds. The summed E-state index contributed by atoms with van der Waals surface area (Å²) in [6.45, 7) is 3.44. The lowest BCUT2D eigenvalue weighted by atomic mass is 10.1. The molecule has 15 heavy (non-hydrogen) atoms. The molecule has 1 aromatic carbocycles. The molecule has 3 rings (SSSR count). The number of rotatable bonds is 2. The summed E-state index contributed by atoms with van der Waals surface area (Å²) in [5.41, 5.74) is 2.01. The Labute approximate surface area is 90.1 Å². The SMILES string of the molecule is N#Cc1ccccc1CN1CC2CC2C1. The number of hydrogen-bond acceptors (Lipinski definition) is 2. The normalized spacial score (nSPS) is 28.5. The molecule has 2 heteroatoms. The van der Waals surface area contributed by atoms with Crippen molar-refractivity contribution in [3.8, 4) is 6.07 Å². The molecule has 0 radical (unpaired) electrons. The molecule has 1 aromatic rings. The summed E-state index contributed by atoms with van der Waals surface area (Å²) < 4.78 is 0. The Balaban J connectivity index is 1.74. The van der Waals surface area contributed by atoms with Gasteiger partial charge in [0.2, 0.25) is 0 Å². The van der Waals surface area contributed by atoms with Crippen LogP contribution in [0.4, 0.5) is 0 Å². The van der Waals surface area contributed by atoms with Gasteiger partial charge in [-0.05, 0) is 29.9 Å². The monoisotopic (exact) mass is 198 g/mol. The van der Waals surface area contributed by atoms with Crippen LogP contribution in [0.1, 0.15) is 17.5 Å². The van der Waals surface area contributed by atoms with Crippen molar-refractivity contribution in [2.75, 3.05) is 13.1 Å². The van der Waals surface area contributed by atoms with Crippen molar-refractivity contribution in [2.24, 2.45) is 11.8 Å². The molecule has 0 N–H and O–H groups in total. The first-order valence-electron chi connectivity index (χ1n) is 5.57. The highest BCUT2D eigenvalue weighted by Crippen LogP contribution is 2.45. The van der Waals surface area contributed by atoms with Gasteiger partial charge in [-0.3, -0.25) is 4.90 Å². The molecule has 0 spiro atoms. The van der Waals surface area contributed by atoms with Crippen molar-refractivity contribution < 1.29 is 0 Å². The summed E-state index contributed by atoms with van der Waals surface area (Å²) in [7, 11) is 0. The van der Waals surface area contributed by atoms with E-state index < -0.39 is 0 Å². The van der Waals surface area contributed by atoms with Crippen LogP contribution in [0.25, 0.3) is 0 Å². The van der Waals surface area contributed by atoms with Crippen molar-refractivity contribution in [1.29, 1.82) is 5.26 Å². The molecule has 1 saturated carbocycles. The van der Waals surface area contributed by atoms with Crippen LogP contribution in [0.15, 0.2) is 24.3 Å². The predicted molar refractivity (Wildman–Crippen MR) is 58.0 cm³/mol. The zero-order valence-electron chi connectivity index (χ0n) is 8.69. The van der Waals surface area contributed by atoms with E-state index in [-0.39, 0.29) is 0 Å². The molecule has 1 saturated heterocycles. The number of hydrogen-bond donors (Lipinski definition) is 0. The molecule has 1 aliphatic heterocycles. The second-order valence-corrected chi connectivity index (χ2v) is 4.72. The predicted octanol–water partition coefficient (Wildman–Crippen LogP) is 2.01. The Morgan fingerprint density at radius 2 is 2.00 bits per heavy atom. The lowest BCUT2D eigenvalue weighted by Gasteiger charge is -2.17. The minimum absolute atomic E-state index is 0.832. The topological polar surface area (TPSA) is 27.0 Å². The Bertz CT molecular complexity index is 409. The number of benzene rings is 1. The maximum atomic E-state index is 8.98. The smallest absolute Gasteiger partial charge is 0.0995 e. The fourth-order valence-corrected chi connectivity index (χ4v) is 2.63. The molecular weight excluding hydrogens is 184 g/mol. The standard InChI is InChI=1S/C13H14N2/c14-6-10-3-1-2-4-11(10)7-15-8-12-5-13(12)9-15/h1-4,12-13H,5,7-9H2. The van der Waals surface area contributed by atoms with E-state index >= 15 is 0 Å². The van der Waals surface area contributed by atoms with Gasteiger partial charge in [0.05, 0.1) is 11.6 Å². The number of fused-ring (bicyclic) bond motifs is 1. The molecule has 1 aliphatic carbocycles. The molecule has 0 aromatic heterocycles. The summed E-state index contributed by atoms with van der Waals surface area (Å²) >= 11 is 0. The molecule has 0 bridgehead atoms. The third kappa shape index (κ3) is 1.64. The first kappa shape index (κ1) is 8.94. The largest absolute Gasteiger partial charge is 0.298 e. The zero-order valence-corrected chi connectivity index (χ0v) is 8.69. The van der Waals surface area contributed by atoms with Crippen molar-refractivity contribution >= 4 is 0 Å². The van der Waals surface area contributed by atoms with Gasteiger partial charge in [-0.2, -0.15) is 5.26 Å². The van der Waals surface area contributed by atoms with Crippen LogP contribution in [-0.2, 0) is 6.54 Å². The first-order valence-corrected chi connectivity index (χ1v) is 5.57. The maximum Gasteiger partial charge on any atom is 0.0995 e. The zero-order chi connectivity index (χ0) is 10.3. The summed E-state index contributed by atoms with van der Waals surface area (Å²) in [6, 6.07) is 10.2. The van der Waals surface area contributed by atoms with Crippen LogP contribution < -0.4 is 0 Å². The van der Waals surface area contributed by atoms with Crippen molar-refractivity contribution in [3.63, 3.8) is 0 Å². The number of nitrogens with zero attached hydrogens (tertiary/aromatic N) is 2. The van der Waals surface area contributed by atoms with Gasteiger partial charge in [0.25, 0.3) is 0 Å². The second-order valence-electron chi connectivity index (χ2n) is 4.72. The molecule has 76 valence electrons. The Morgan fingerprint density at radius 1 is 1.27 bits per heavy atom. The highest BCUT2D eigenvalue weighted by molar-refractivity contribution is 5.37. The van der Waals surface area contributed by atoms with E-state index in [1.807, 2.05) is 18.2 Å². The van der Waals surface area contributed by atoms with Crippen molar-refractivity contribution in [1.82, 2.24) is 4.90 Å². The minimum Gasteiger partial charge on any atom is -0.298 e. The van der Waals surface area contributed by atoms with Gasteiger partial charge < -0.3 is 0 Å². The Morgan fingerprint density at radius 3 is 2.73 bits per heavy atom. The average molecular weight is 198 g/mol. The minimum atomic E-state index is 0.832. The third-order valence-electron chi connectivity index (χ3n) is 3.59. The summed E-state index contributed by atoms with van der Waals surface area (Å²) in [5, 5.41) is 8.98. The highest BCUT2D eigenvalue weighted by Gasteiger charge is 2.44. The fraction of sp³-hybridized carbons (Fsp3) is 0.462. The molecule has 1 heterocycles. The van der Waals surface area contributed by atoms with Gasteiger partial charge in [-0.25, -0.2) is 0 Å². The Hall–Kier alpha value is -1.33. The number of piperidine rings is 1. The molecule has 2 unspecified atom stereocenters. The summed E-state index contributed by atoms with van der Waals surface area (Å²) in [4.78, 5) is 2.48. The van der Waals surface area contributed by atoms with E-state index in [0.717, 1.165) is 23.9 Å². The van der Waals surface area contributed by atoms with E-state index in [9.17, 15) is 0 Å². The lowest BCUT2D eigenvalue weighted by Crippen LogP contribution is -2.22. The van der Waals surface area contributed by atoms with E-state index in [1.165, 1.54) is 25.1 Å². The second kappa shape index (κ2) is 3.36. The molecule has 2 aliphatic rings. The summed E-state index contributed by atoms with van der Waals surface area (Å²) in [6.07, 6.45) is 1.44. The molecule has 2 nitrogen and oxygen atoms in total. The number of likely N-dealkylation sites (tertiary alicyclic amines) is 1. The fourth-order valence-electron chi connectivity index (χ4n) is 2.63. The van der Waals surface area contributed by atoms with Gasteiger partial charge in [0, 0.05) is 19.6 Å². The Kier molecular flexibility index (Phi) is 2.00. The third-order valence-corrected chi connectivity index (χ3v) is 3.59. The van der Waals surface area contributed by atoms with Crippen LogP contribution >= 0.6 is 0 Å². The van der Waals surface area contributed by atoms with Crippen molar-refractivity contribution in [3.05, 3.63) is 35.4 Å². The quantitative estimate of drug-likeness (QED) is 0.727. The number of nitriles is 1. The van der Waals surface area contributed by atoms with Crippen LogP contribution in [0.5, 0.6) is 0 Å². The van der Waals surface area contributed by atoms with E-state index in [0.29, 0.717) is 0 Å². The molecule has 2 atom stereocenters. The molecular formula is C13H14N2. The average Bonchev–Trinajstić information content (AvgIpc) is 2.87. The maximum absolute atomic E-state index is 8.98. The highest BCUT2D eigenvalue weighted by atomic mass is 15.2. The molecule has 2 fully saturated rings. The van der Waals surface area contributed by atoms with E-state index in [1.54, 1.807) is 0 Å². The van der Waals surface area contributed by atoms with Gasteiger partial charge in [-0.15, -0.1) is 0 Å². The summed E-state index contributed by atoms with van der Waals surface area (Å²) in [5.74, 6) is 1.94. The van der Waals surface area contributed by atoms with Gasteiger partial charge >= 0.3 is 0 Å². The van der Waals surface area contributed by atoms with Gasteiger partial charge in [0.1, 0.15) is 0 Å². The van der Waals surface area contributed by atoms with E-state index in [2.05, 4.69) is 17.0 Å².